The number of nitrogens with zero attached hydrogens (tertiary/aromatic N) is 4. The van der Waals surface area contributed by atoms with Crippen LogP contribution in [0.2, 0.25) is 5.28 Å². The zero-order chi connectivity index (χ0) is 14.4. The minimum atomic E-state index is -0.377. The highest BCUT2D eigenvalue weighted by molar-refractivity contribution is 6.28. The number of nitrogens with one attached hydrogen (secondary N) is 1. The van der Waals surface area contributed by atoms with Gasteiger partial charge in [0.15, 0.2) is 6.29 Å². The normalized spacial score (nSPS) is 15.7. The van der Waals surface area contributed by atoms with Crippen LogP contribution in [0.5, 0.6) is 0 Å². The molecule has 1 aromatic rings. The lowest BCUT2D eigenvalue weighted by atomic mass is 10.4. The summed E-state index contributed by atoms with van der Waals surface area (Å²) in [5.74, 6) is 0.938. The summed E-state index contributed by atoms with van der Waals surface area (Å²) in [4.78, 5) is 14.5. The molecule has 2 rings (SSSR count). The molecule has 20 heavy (non-hydrogen) atoms. The van der Waals surface area contributed by atoms with Gasteiger partial charge in [-0.2, -0.15) is 15.0 Å². The van der Waals surface area contributed by atoms with Crippen molar-refractivity contribution >= 4 is 23.5 Å². The van der Waals surface area contributed by atoms with Crippen molar-refractivity contribution in [2.75, 3.05) is 57.3 Å². The van der Waals surface area contributed by atoms with Gasteiger partial charge in [0.25, 0.3) is 0 Å². The third kappa shape index (κ3) is 4.14. The second-order valence-corrected chi connectivity index (χ2v) is 4.45. The van der Waals surface area contributed by atoms with Crippen LogP contribution in [0, 0.1) is 0 Å². The van der Waals surface area contributed by atoms with E-state index in [9.17, 15) is 0 Å². The molecule has 2 heterocycles. The summed E-state index contributed by atoms with van der Waals surface area (Å²) in [7, 11) is 3.13. The molecular weight excluding hydrogens is 286 g/mol. The van der Waals surface area contributed by atoms with Crippen LogP contribution in [0.3, 0.4) is 0 Å². The number of anilines is 2. The standard InChI is InChI=1S/C11H18ClN5O3/c1-18-8(19-2)7-13-10-14-9(12)15-11(16-10)17-3-5-20-6-4-17/h8H,3-7H2,1-2H3,(H,13,14,15,16). The molecule has 0 aromatic carbocycles. The third-order valence-electron chi connectivity index (χ3n) is 2.84. The fourth-order valence-electron chi connectivity index (χ4n) is 1.76. The minimum Gasteiger partial charge on any atom is -0.378 e. The van der Waals surface area contributed by atoms with E-state index in [-0.39, 0.29) is 11.6 Å². The second-order valence-electron chi connectivity index (χ2n) is 4.11. The summed E-state index contributed by atoms with van der Waals surface area (Å²) in [5, 5.41) is 3.16. The molecule has 1 aliphatic rings. The Kier molecular flexibility index (Phi) is 5.72. The Balaban J connectivity index is 2.03. The summed E-state index contributed by atoms with van der Waals surface area (Å²) in [6, 6.07) is 0. The van der Waals surface area contributed by atoms with Crippen molar-refractivity contribution in [3.8, 4) is 0 Å². The maximum atomic E-state index is 5.93. The van der Waals surface area contributed by atoms with Gasteiger partial charge in [-0.25, -0.2) is 0 Å². The first kappa shape index (κ1) is 15.2. The molecule has 1 fully saturated rings. The van der Waals surface area contributed by atoms with E-state index in [2.05, 4.69) is 20.3 Å². The number of hydrogen-bond acceptors (Lipinski definition) is 8. The maximum Gasteiger partial charge on any atom is 0.231 e. The van der Waals surface area contributed by atoms with Gasteiger partial charge in [0, 0.05) is 27.3 Å². The molecule has 0 bridgehead atoms. The third-order valence-corrected chi connectivity index (χ3v) is 3.01. The van der Waals surface area contributed by atoms with E-state index >= 15 is 0 Å². The van der Waals surface area contributed by atoms with E-state index in [4.69, 9.17) is 25.8 Å². The van der Waals surface area contributed by atoms with E-state index < -0.39 is 0 Å². The molecule has 0 spiro atoms. The van der Waals surface area contributed by atoms with Gasteiger partial charge < -0.3 is 24.4 Å². The van der Waals surface area contributed by atoms with E-state index in [1.807, 2.05) is 4.90 Å². The van der Waals surface area contributed by atoms with Crippen LogP contribution in [0.1, 0.15) is 0 Å². The first-order valence-corrected chi connectivity index (χ1v) is 6.64. The molecule has 0 atom stereocenters. The molecule has 1 aromatic heterocycles. The molecular formula is C11H18ClN5O3. The topological polar surface area (TPSA) is 81.6 Å². The van der Waals surface area contributed by atoms with Crippen molar-refractivity contribution in [1.82, 2.24) is 15.0 Å². The second kappa shape index (κ2) is 7.53. The van der Waals surface area contributed by atoms with Crippen LogP contribution in [-0.2, 0) is 14.2 Å². The summed E-state index contributed by atoms with van der Waals surface area (Å²) >= 11 is 5.93. The van der Waals surface area contributed by atoms with Crippen molar-refractivity contribution < 1.29 is 14.2 Å². The summed E-state index contributed by atoms with van der Waals surface area (Å²) in [6.07, 6.45) is -0.377. The Bertz CT molecular complexity index is 427. The van der Waals surface area contributed by atoms with Crippen LogP contribution >= 0.6 is 11.6 Å². The summed E-state index contributed by atoms with van der Waals surface area (Å²) < 4.78 is 15.5. The Morgan fingerprint density at radius 1 is 1.25 bits per heavy atom. The number of aromatic nitrogens is 3. The molecule has 0 saturated carbocycles. The number of ether oxygens (including phenoxy) is 3. The van der Waals surface area contributed by atoms with Gasteiger partial charge in [0.2, 0.25) is 17.2 Å². The van der Waals surface area contributed by atoms with Crippen molar-refractivity contribution in [3.05, 3.63) is 5.28 Å². The monoisotopic (exact) mass is 303 g/mol. The van der Waals surface area contributed by atoms with Gasteiger partial charge in [-0.3, -0.25) is 0 Å². The molecule has 0 aliphatic carbocycles. The quantitative estimate of drug-likeness (QED) is 0.756. The fraction of sp³-hybridized carbons (Fsp3) is 0.727. The van der Waals surface area contributed by atoms with Gasteiger partial charge >= 0.3 is 0 Å². The Hall–Kier alpha value is -1.22. The van der Waals surface area contributed by atoms with Crippen LogP contribution in [-0.4, -0.2) is 68.3 Å². The molecule has 1 aliphatic heterocycles. The largest absolute Gasteiger partial charge is 0.378 e. The van der Waals surface area contributed by atoms with Crippen molar-refractivity contribution in [2.45, 2.75) is 6.29 Å². The molecule has 1 saturated heterocycles. The lowest BCUT2D eigenvalue weighted by Crippen LogP contribution is -2.37. The van der Waals surface area contributed by atoms with Gasteiger partial charge in [-0.1, -0.05) is 0 Å². The van der Waals surface area contributed by atoms with E-state index in [0.717, 1.165) is 13.1 Å². The number of morpholine rings is 1. The Morgan fingerprint density at radius 3 is 2.60 bits per heavy atom. The predicted octanol–water partition coefficient (Wildman–Crippen LogP) is 0.392. The Morgan fingerprint density at radius 2 is 1.95 bits per heavy atom. The molecule has 0 unspecified atom stereocenters. The number of rotatable bonds is 6. The van der Waals surface area contributed by atoms with Crippen LogP contribution in [0.4, 0.5) is 11.9 Å². The zero-order valence-corrected chi connectivity index (χ0v) is 12.3. The van der Waals surface area contributed by atoms with Crippen molar-refractivity contribution in [2.24, 2.45) is 0 Å². The highest BCUT2D eigenvalue weighted by atomic mass is 35.5. The van der Waals surface area contributed by atoms with Gasteiger partial charge in [0.05, 0.1) is 19.8 Å². The maximum absolute atomic E-state index is 5.93. The van der Waals surface area contributed by atoms with Gasteiger partial charge in [-0.05, 0) is 11.6 Å². The lowest BCUT2D eigenvalue weighted by molar-refractivity contribution is -0.0914. The molecule has 8 nitrogen and oxygen atoms in total. The number of methoxy groups -OCH3 is 2. The van der Waals surface area contributed by atoms with Crippen LogP contribution in [0.15, 0.2) is 0 Å². The van der Waals surface area contributed by atoms with Crippen molar-refractivity contribution in [3.63, 3.8) is 0 Å². The smallest absolute Gasteiger partial charge is 0.231 e. The van der Waals surface area contributed by atoms with E-state index in [0.29, 0.717) is 31.7 Å². The number of halogens is 1. The van der Waals surface area contributed by atoms with Crippen LogP contribution < -0.4 is 10.2 Å². The van der Waals surface area contributed by atoms with E-state index in [1.165, 1.54) is 0 Å². The number of hydrogen-bond donors (Lipinski definition) is 1. The lowest BCUT2D eigenvalue weighted by Gasteiger charge is -2.26. The summed E-state index contributed by atoms with van der Waals surface area (Å²) in [6.45, 7) is 3.19. The van der Waals surface area contributed by atoms with Crippen molar-refractivity contribution in [1.29, 1.82) is 0 Å². The highest BCUT2D eigenvalue weighted by Gasteiger charge is 2.16. The average molecular weight is 304 g/mol. The SMILES string of the molecule is COC(CNc1nc(Cl)nc(N2CCOCC2)n1)OC. The van der Waals surface area contributed by atoms with Gasteiger partial charge in [0.1, 0.15) is 0 Å². The molecule has 0 radical (unpaired) electrons. The fourth-order valence-corrected chi connectivity index (χ4v) is 1.92. The minimum absolute atomic E-state index is 0.148. The molecule has 0 amide bonds. The molecule has 1 N–H and O–H groups in total. The first-order valence-electron chi connectivity index (χ1n) is 6.26. The van der Waals surface area contributed by atoms with Crippen LogP contribution in [0.25, 0.3) is 0 Å². The highest BCUT2D eigenvalue weighted by Crippen LogP contribution is 2.15. The molecule has 9 heteroatoms. The summed E-state index contributed by atoms with van der Waals surface area (Å²) in [5.41, 5.74) is 0. The van der Waals surface area contributed by atoms with E-state index in [1.54, 1.807) is 14.2 Å². The molecule has 112 valence electrons. The average Bonchev–Trinajstić information content (AvgIpc) is 2.49. The first-order chi connectivity index (χ1) is 9.72. The Labute approximate surface area is 122 Å². The van der Waals surface area contributed by atoms with Gasteiger partial charge in [-0.15, -0.1) is 0 Å². The zero-order valence-electron chi connectivity index (χ0n) is 11.5. The predicted molar refractivity (Wildman–Crippen MR) is 74.2 cm³/mol.